The molecule has 2 amide bonds. The van der Waals surface area contributed by atoms with Crippen molar-refractivity contribution in [2.24, 2.45) is 0 Å². The van der Waals surface area contributed by atoms with Crippen molar-refractivity contribution in [1.29, 1.82) is 0 Å². The summed E-state index contributed by atoms with van der Waals surface area (Å²) in [7, 11) is 0. The van der Waals surface area contributed by atoms with E-state index in [0.717, 1.165) is 18.2 Å². The first-order valence-electron chi connectivity index (χ1n) is 9.64. The minimum absolute atomic E-state index is 0.0257. The Hall–Kier alpha value is -4.40. The molecule has 166 valence electrons. The number of rotatable bonds is 4. The van der Waals surface area contributed by atoms with Crippen molar-refractivity contribution in [3.05, 3.63) is 106 Å². The van der Waals surface area contributed by atoms with E-state index in [1.165, 1.54) is 36.4 Å². The molecule has 0 aliphatic rings. The summed E-state index contributed by atoms with van der Waals surface area (Å²) < 4.78 is 44.1. The Balaban J connectivity index is 1.52. The van der Waals surface area contributed by atoms with Gasteiger partial charge in [0.25, 0.3) is 11.8 Å². The first-order valence-corrected chi connectivity index (χ1v) is 9.64. The predicted molar refractivity (Wildman–Crippen MR) is 116 cm³/mol. The van der Waals surface area contributed by atoms with Gasteiger partial charge >= 0.3 is 6.18 Å². The van der Waals surface area contributed by atoms with Crippen molar-refractivity contribution < 1.29 is 27.2 Å². The molecule has 0 spiro atoms. The minimum atomic E-state index is -4.54. The van der Waals surface area contributed by atoms with Crippen LogP contribution in [0.4, 0.5) is 24.5 Å². The number of anilines is 2. The zero-order valence-electron chi connectivity index (χ0n) is 16.8. The third kappa shape index (κ3) is 4.93. The molecule has 3 aromatic carbocycles. The lowest BCUT2D eigenvalue weighted by Gasteiger charge is -2.11. The number of nitrogens with one attached hydrogen (secondary N) is 2. The monoisotopic (exact) mass is 452 g/mol. The molecule has 4 aromatic rings. The maximum absolute atomic E-state index is 12.9. The van der Waals surface area contributed by atoms with Crippen LogP contribution in [0.5, 0.6) is 0 Å². The first-order chi connectivity index (χ1) is 15.7. The standard InChI is InChI=1S/C24H15F3N2O4/c25-24(26,27)15-6-4-8-17(12-15)28-22(31)14-5-3-7-16(11-14)29-23(32)21-13-19(30)18-9-1-2-10-20(18)33-21/h1-13H,(H,28,31)(H,29,32). The molecule has 0 unspecified atom stereocenters. The molecule has 0 saturated heterocycles. The fourth-order valence-corrected chi connectivity index (χ4v) is 3.12. The van der Waals surface area contributed by atoms with Crippen molar-refractivity contribution >= 4 is 34.2 Å². The van der Waals surface area contributed by atoms with Crippen LogP contribution >= 0.6 is 0 Å². The summed E-state index contributed by atoms with van der Waals surface area (Å²) in [4.78, 5) is 37.3. The van der Waals surface area contributed by atoms with E-state index in [-0.39, 0.29) is 33.7 Å². The SMILES string of the molecule is O=C(Nc1cccc(C(F)(F)F)c1)c1cccc(NC(=O)c2cc(=O)c3ccccc3o2)c1. The highest BCUT2D eigenvalue weighted by molar-refractivity contribution is 6.07. The number of carbonyl (C=O) groups excluding carboxylic acids is 2. The Morgan fingerprint density at radius 2 is 1.42 bits per heavy atom. The zero-order chi connectivity index (χ0) is 23.6. The lowest BCUT2D eigenvalue weighted by atomic mass is 10.1. The number of amides is 2. The van der Waals surface area contributed by atoms with Gasteiger partial charge in [-0.3, -0.25) is 14.4 Å². The summed E-state index contributed by atoms with van der Waals surface area (Å²) in [5.74, 6) is -1.58. The Bertz CT molecular complexity index is 1430. The Labute approximate surface area is 184 Å². The zero-order valence-corrected chi connectivity index (χ0v) is 16.8. The molecule has 4 rings (SSSR count). The number of hydrogen-bond acceptors (Lipinski definition) is 4. The minimum Gasteiger partial charge on any atom is -0.451 e. The number of carbonyl (C=O) groups is 2. The second-order valence-corrected chi connectivity index (χ2v) is 7.04. The van der Waals surface area contributed by atoms with Crippen LogP contribution in [0.1, 0.15) is 26.5 Å². The van der Waals surface area contributed by atoms with Gasteiger partial charge in [-0.05, 0) is 48.5 Å². The molecular weight excluding hydrogens is 437 g/mol. The number of para-hydroxylation sites is 1. The number of fused-ring (bicyclic) bond motifs is 1. The van der Waals surface area contributed by atoms with Crippen molar-refractivity contribution in [2.45, 2.75) is 6.18 Å². The predicted octanol–water partition coefficient (Wildman–Crippen LogP) is 5.32. The molecule has 0 aliphatic carbocycles. The number of hydrogen-bond donors (Lipinski definition) is 2. The second-order valence-electron chi connectivity index (χ2n) is 7.04. The highest BCUT2D eigenvalue weighted by Crippen LogP contribution is 2.30. The van der Waals surface area contributed by atoms with E-state index in [9.17, 15) is 27.6 Å². The molecule has 33 heavy (non-hydrogen) atoms. The van der Waals surface area contributed by atoms with Crippen molar-refractivity contribution in [3.63, 3.8) is 0 Å². The van der Waals surface area contributed by atoms with Gasteiger partial charge in [-0.1, -0.05) is 24.3 Å². The van der Waals surface area contributed by atoms with Crippen LogP contribution in [0.25, 0.3) is 11.0 Å². The molecular formula is C24H15F3N2O4. The van der Waals surface area contributed by atoms with Gasteiger partial charge in [-0.25, -0.2) is 0 Å². The first kappa shape index (κ1) is 21.8. The third-order valence-corrected chi connectivity index (χ3v) is 4.69. The van der Waals surface area contributed by atoms with Crippen LogP contribution < -0.4 is 16.1 Å². The maximum Gasteiger partial charge on any atom is 0.416 e. The summed E-state index contributed by atoms with van der Waals surface area (Å²) >= 11 is 0. The number of benzene rings is 3. The van der Waals surface area contributed by atoms with E-state index < -0.39 is 23.6 Å². The van der Waals surface area contributed by atoms with Gasteiger partial charge in [-0.15, -0.1) is 0 Å². The normalized spacial score (nSPS) is 11.2. The van der Waals surface area contributed by atoms with E-state index in [4.69, 9.17) is 4.42 Å². The van der Waals surface area contributed by atoms with E-state index in [1.54, 1.807) is 24.3 Å². The summed E-state index contributed by atoms with van der Waals surface area (Å²) in [6.07, 6.45) is -4.54. The fraction of sp³-hybridized carbons (Fsp3) is 0.0417. The lowest BCUT2D eigenvalue weighted by Crippen LogP contribution is -2.16. The number of halogens is 3. The summed E-state index contributed by atoms with van der Waals surface area (Å²) in [5, 5.41) is 5.27. The van der Waals surface area contributed by atoms with Gasteiger partial charge in [0.2, 0.25) is 0 Å². The highest BCUT2D eigenvalue weighted by atomic mass is 19.4. The Kier molecular flexibility index (Phi) is 5.70. The van der Waals surface area contributed by atoms with Gasteiger partial charge in [0.15, 0.2) is 11.2 Å². The third-order valence-electron chi connectivity index (χ3n) is 4.69. The van der Waals surface area contributed by atoms with Crippen LogP contribution in [0.2, 0.25) is 0 Å². The molecule has 0 aliphatic heterocycles. The molecule has 9 heteroatoms. The fourth-order valence-electron chi connectivity index (χ4n) is 3.12. The van der Waals surface area contributed by atoms with Crippen molar-refractivity contribution in [2.75, 3.05) is 10.6 Å². The van der Waals surface area contributed by atoms with Crippen LogP contribution in [0.15, 0.2) is 88.1 Å². The average molecular weight is 452 g/mol. The summed E-state index contributed by atoms with van der Waals surface area (Å²) in [5.41, 5.74) is -0.710. The maximum atomic E-state index is 12.9. The van der Waals surface area contributed by atoms with Crippen LogP contribution in [0, 0.1) is 0 Å². The van der Waals surface area contributed by atoms with Crippen molar-refractivity contribution in [1.82, 2.24) is 0 Å². The van der Waals surface area contributed by atoms with Gasteiger partial charge in [0.05, 0.1) is 10.9 Å². The van der Waals surface area contributed by atoms with E-state index in [1.807, 2.05) is 0 Å². The summed E-state index contributed by atoms with van der Waals surface area (Å²) in [6.45, 7) is 0. The lowest BCUT2D eigenvalue weighted by molar-refractivity contribution is -0.137. The van der Waals surface area contributed by atoms with E-state index in [2.05, 4.69) is 10.6 Å². The quantitative estimate of drug-likeness (QED) is 0.439. The molecule has 0 radical (unpaired) electrons. The summed E-state index contributed by atoms with van der Waals surface area (Å²) in [6, 6.07) is 17.6. The van der Waals surface area contributed by atoms with Gasteiger partial charge in [0, 0.05) is 23.0 Å². The average Bonchev–Trinajstić information content (AvgIpc) is 2.79. The molecule has 1 heterocycles. The van der Waals surface area contributed by atoms with Gasteiger partial charge in [0.1, 0.15) is 5.58 Å². The van der Waals surface area contributed by atoms with Gasteiger partial charge in [-0.2, -0.15) is 13.2 Å². The van der Waals surface area contributed by atoms with E-state index >= 15 is 0 Å². The van der Waals surface area contributed by atoms with Crippen LogP contribution in [-0.2, 0) is 6.18 Å². The molecule has 0 bridgehead atoms. The smallest absolute Gasteiger partial charge is 0.416 e. The molecule has 0 fully saturated rings. The van der Waals surface area contributed by atoms with Crippen LogP contribution in [-0.4, -0.2) is 11.8 Å². The van der Waals surface area contributed by atoms with Crippen LogP contribution in [0.3, 0.4) is 0 Å². The number of alkyl halides is 3. The highest BCUT2D eigenvalue weighted by Gasteiger charge is 2.30. The Morgan fingerprint density at radius 1 is 0.758 bits per heavy atom. The van der Waals surface area contributed by atoms with E-state index in [0.29, 0.717) is 5.39 Å². The largest absolute Gasteiger partial charge is 0.451 e. The van der Waals surface area contributed by atoms with Gasteiger partial charge < -0.3 is 15.1 Å². The topological polar surface area (TPSA) is 88.4 Å². The molecule has 6 nitrogen and oxygen atoms in total. The molecule has 0 saturated carbocycles. The molecule has 2 N–H and O–H groups in total. The van der Waals surface area contributed by atoms with Crippen molar-refractivity contribution in [3.8, 4) is 0 Å². The molecule has 0 atom stereocenters. The second kappa shape index (κ2) is 8.62. The molecule has 1 aromatic heterocycles. The Morgan fingerprint density at radius 3 is 2.18 bits per heavy atom.